The number of hydrogen-bond donors (Lipinski definition) is 2. The van der Waals surface area contributed by atoms with Crippen LogP contribution in [0.15, 0.2) is 12.1 Å². The highest BCUT2D eigenvalue weighted by Gasteiger charge is 2.20. The second kappa shape index (κ2) is 5.15. The van der Waals surface area contributed by atoms with Crippen molar-refractivity contribution in [3.63, 3.8) is 0 Å². The molecule has 1 saturated carbocycles. The van der Waals surface area contributed by atoms with Crippen LogP contribution < -0.4 is 11.1 Å². The molecule has 1 aromatic carbocycles. The second-order valence-electron chi connectivity index (χ2n) is 5.19. The third kappa shape index (κ3) is 3.05. The van der Waals surface area contributed by atoms with Crippen molar-refractivity contribution in [2.24, 2.45) is 5.73 Å². The molecule has 1 aliphatic carbocycles. The topological polar surface area (TPSA) is 38.0 Å². The maximum absolute atomic E-state index is 13.5. The van der Waals surface area contributed by atoms with E-state index >= 15 is 0 Å². The largest absolute Gasteiger partial charge is 0.328 e. The highest BCUT2D eigenvalue weighted by Crippen LogP contribution is 2.19. The van der Waals surface area contributed by atoms with Crippen molar-refractivity contribution in [2.45, 2.75) is 51.7 Å². The summed E-state index contributed by atoms with van der Waals surface area (Å²) in [6, 6.07) is 4.72. The van der Waals surface area contributed by atoms with Gasteiger partial charge in [0.2, 0.25) is 0 Å². The summed E-state index contributed by atoms with van der Waals surface area (Å²) in [4.78, 5) is 0. The zero-order valence-corrected chi connectivity index (χ0v) is 10.6. The van der Waals surface area contributed by atoms with Crippen molar-refractivity contribution in [1.29, 1.82) is 0 Å². The zero-order valence-electron chi connectivity index (χ0n) is 10.6. The van der Waals surface area contributed by atoms with Gasteiger partial charge < -0.3 is 11.1 Å². The van der Waals surface area contributed by atoms with Crippen LogP contribution in [0.4, 0.5) is 4.39 Å². The fourth-order valence-corrected chi connectivity index (χ4v) is 2.60. The minimum atomic E-state index is -0.0864. The van der Waals surface area contributed by atoms with Gasteiger partial charge in [0.05, 0.1) is 0 Å². The second-order valence-corrected chi connectivity index (χ2v) is 5.19. The molecular weight excluding hydrogens is 215 g/mol. The molecule has 0 radical (unpaired) electrons. The van der Waals surface area contributed by atoms with E-state index in [1.165, 1.54) is 0 Å². The van der Waals surface area contributed by atoms with E-state index in [-0.39, 0.29) is 5.82 Å². The molecular formula is C14H21FN2. The molecule has 2 unspecified atom stereocenters. The van der Waals surface area contributed by atoms with Gasteiger partial charge in [-0.25, -0.2) is 4.39 Å². The van der Waals surface area contributed by atoms with Crippen LogP contribution in [0.2, 0.25) is 0 Å². The third-order valence-corrected chi connectivity index (χ3v) is 3.56. The number of halogens is 1. The van der Waals surface area contributed by atoms with Crippen molar-refractivity contribution in [3.05, 3.63) is 34.6 Å². The smallest absolute Gasteiger partial charge is 0.129 e. The van der Waals surface area contributed by atoms with Crippen molar-refractivity contribution >= 4 is 0 Å². The monoisotopic (exact) mass is 236 g/mol. The molecule has 3 heteroatoms. The summed E-state index contributed by atoms with van der Waals surface area (Å²) in [5.74, 6) is -0.0864. The van der Waals surface area contributed by atoms with Gasteiger partial charge in [0.25, 0.3) is 0 Å². The molecule has 2 atom stereocenters. The molecule has 17 heavy (non-hydrogen) atoms. The molecule has 2 rings (SSSR count). The minimum Gasteiger partial charge on any atom is -0.328 e. The number of aryl methyl sites for hydroxylation is 2. The van der Waals surface area contributed by atoms with Crippen LogP contribution in [0.5, 0.6) is 0 Å². The van der Waals surface area contributed by atoms with E-state index in [4.69, 9.17) is 5.73 Å². The standard InChI is InChI=1S/C14H21FN2/c1-9-5-11(6-10(2)14(9)15)8-17-13-4-3-12(16)7-13/h5-6,12-13,17H,3-4,7-8,16H2,1-2H3. The van der Waals surface area contributed by atoms with Gasteiger partial charge in [0, 0.05) is 18.6 Å². The maximum Gasteiger partial charge on any atom is 0.129 e. The Hall–Kier alpha value is -0.930. The Morgan fingerprint density at radius 2 is 1.94 bits per heavy atom. The minimum absolute atomic E-state index is 0.0864. The Balaban J connectivity index is 1.95. The van der Waals surface area contributed by atoms with E-state index < -0.39 is 0 Å². The number of nitrogens with two attached hydrogens (primary N) is 1. The molecule has 94 valence electrons. The summed E-state index contributed by atoms with van der Waals surface area (Å²) in [7, 11) is 0. The summed E-state index contributed by atoms with van der Waals surface area (Å²) < 4.78 is 13.5. The summed E-state index contributed by atoms with van der Waals surface area (Å²) in [6.07, 6.45) is 3.32. The molecule has 1 aromatic rings. The highest BCUT2D eigenvalue weighted by atomic mass is 19.1. The quantitative estimate of drug-likeness (QED) is 0.845. The molecule has 0 bridgehead atoms. The average molecular weight is 236 g/mol. The SMILES string of the molecule is Cc1cc(CNC2CCC(N)C2)cc(C)c1F. The lowest BCUT2D eigenvalue weighted by molar-refractivity contribution is 0.515. The lowest BCUT2D eigenvalue weighted by Crippen LogP contribution is -2.28. The first-order valence-corrected chi connectivity index (χ1v) is 6.31. The molecule has 0 saturated heterocycles. The van der Waals surface area contributed by atoms with Crippen molar-refractivity contribution in [3.8, 4) is 0 Å². The predicted molar refractivity (Wildman–Crippen MR) is 68.3 cm³/mol. The van der Waals surface area contributed by atoms with Crippen molar-refractivity contribution in [1.82, 2.24) is 5.32 Å². The van der Waals surface area contributed by atoms with Gasteiger partial charge in [-0.3, -0.25) is 0 Å². The summed E-state index contributed by atoms with van der Waals surface area (Å²) in [5.41, 5.74) is 8.48. The molecule has 0 spiro atoms. The number of rotatable bonds is 3. The maximum atomic E-state index is 13.5. The van der Waals surface area contributed by atoms with Crippen molar-refractivity contribution < 1.29 is 4.39 Å². The summed E-state index contributed by atoms with van der Waals surface area (Å²) in [6.45, 7) is 4.44. The average Bonchev–Trinajstić information content (AvgIpc) is 2.69. The Kier molecular flexibility index (Phi) is 3.79. The Bertz CT molecular complexity index is 380. The molecule has 1 fully saturated rings. The number of hydrogen-bond acceptors (Lipinski definition) is 2. The van der Waals surface area contributed by atoms with Gasteiger partial charge in [-0.1, -0.05) is 12.1 Å². The Morgan fingerprint density at radius 3 is 2.47 bits per heavy atom. The van der Waals surface area contributed by atoms with Crippen LogP contribution >= 0.6 is 0 Å². The van der Waals surface area contributed by atoms with Crippen LogP contribution in [0.1, 0.15) is 36.0 Å². The van der Waals surface area contributed by atoms with Crippen LogP contribution in [0.3, 0.4) is 0 Å². The third-order valence-electron chi connectivity index (χ3n) is 3.56. The Morgan fingerprint density at radius 1 is 1.29 bits per heavy atom. The first kappa shape index (κ1) is 12.5. The van der Waals surface area contributed by atoms with Crippen LogP contribution in [-0.4, -0.2) is 12.1 Å². The number of benzene rings is 1. The molecule has 2 nitrogen and oxygen atoms in total. The van der Waals surface area contributed by atoms with Crippen LogP contribution in [-0.2, 0) is 6.54 Å². The molecule has 3 N–H and O–H groups in total. The van der Waals surface area contributed by atoms with E-state index in [1.54, 1.807) is 0 Å². The van der Waals surface area contributed by atoms with Gasteiger partial charge in [0.1, 0.15) is 5.82 Å². The van der Waals surface area contributed by atoms with E-state index in [0.29, 0.717) is 12.1 Å². The fraction of sp³-hybridized carbons (Fsp3) is 0.571. The summed E-state index contributed by atoms with van der Waals surface area (Å²) >= 11 is 0. The molecule has 1 aliphatic rings. The van der Waals surface area contributed by atoms with Gasteiger partial charge in [0.15, 0.2) is 0 Å². The molecule has 0 amide bonds. The van der Waals surface area contributed by atoms with Gasteiger partial charge in [-0.05, 0) is 49.8 Å². The predicted octanol–water partition coefficient (Wildman–Crippen LogP) is 2.41. The van der Waals surface area contributed by atoms with E-state index in [2.05, 4.69) is 5.32 Å². The fourth-order valence-electron chi connectivity index (χ4n) is 2.60. The van der Waals surface area contributed by atoms with Crippen LogP contribution in [0, 0.1) is 19.7 Å². The molecule has 0 aliphatic heterocycles. The highest BCUT2D eigenvalue weighted by molar-refractivity contribution is 5.30. The molecule has 0 heterocycles. The normalized spacial score (nSPS) is 24.2. The molecule has 0 aromatic heterocycles. The van der Waals surface area contributed by atoms with Crippen molar-refractivity contribution in [2.75, 3.05) is 0 Å². The lowest BCUT2D eigenvalue weighted by Gasteiger charge is -2.13. The summed E-state index contributed by atoms with van der Waals surface area (Å²) in [5, 5.41) is 3.50. The number of nitrogens with one attached hydrogen (secondary N) is 1. The Labute approximate surface area is 102 Å². The lowest BCUT2D eigenvalue weighted by atomic mass is 10.1. The first-order chi connectivity index (χ1) is 8.06. The van der Waals surface area contributed by atoms with Gasteiger partial charge >= 0.3 is 0 Å². The first-order valence-electron chi connectivity index (χ1n) is 6.31. The van der Waals surface area contributed by atoms with Crippen LogP contribution in [0.25, 0.3) is 0 Å². The van der Waals surface area contributed by atoms with E-state index in [1.807, 2.05) is 26.0 Å². The van der Waals surface area contributed by atoms with E-state index in [0.717, 1.165) is 42.5 Å². The van der Waals surface area contributed by atoms with Gasteiger partial charge in [-0.15, -0.1) is 0 Å². The van der Waals surface area contributed by atoms with Gasteiger partial charge in [-0.2, -0.15) is 0 Å². The zero-order chi connectivity index (χ0) is 12.4. The van der Waals surface area contributed by atoms with E-state index in [9.17, 15) is 4.39 Å².